The minimum absolute atomic E-state index is 0.115. The molecule has 0 unspecified atom stereocenters. The van der Waals surface area contributed by atoms with Gasteiger partial charge in [-0.25, -0.2) is 8.42 Å². The van der Waals surface area contributed by atoms with Gasteiger partial charge in [0.25, 0.3) is 5.91 Å². The molecule has 0 bridgehead atoms. The number of amides is 1. The third-order valence-corrected chi connectivity index (χ3v) is 5.26. The number of sulfone groups is 1. The number of ether oxygens (including phenoxy) is 1. The molecule has 0 aliphatic carbocycles. The average molecular weight is 355 g/mol. The summed E-state index contributed by atoms with van der Waals surface area (Å²) in [5.74, 6) is -2.67. The zero-order valence-corrected chi connectivity index (χ0v) is 13.3. The molecule has 130 valence electrons. The van der Waals surface area contributed by atoms with Gasteiger partial charge in [0, 0.05) is 26.5 Å². The Labute approximate surface area is 131 Å². The van der Waals surface area contributed by atoms with E-state index in [9.17, 15) is 26.4 Å². The SMILES string of the molecule is COCc1ccc(C(=O)N2C[C@H](C(F)(F)F)[C@@H](S(C)(=O)=O)C2)o1. The number of carbonyl (C=O) groups excluding carboxylic acids is 1. The topological polar surface area (TPSA) is 76.8 Å². The fourth-order valence-electron chi connectivity index (χ4n) is 2.56. The third kappa shape index (κ3) is 3.86. The van der Waals surface area contributed by atoms with E-state index in [1.165, 1.54) is 19.2 Å². The molecular formula is C13H16F3NO5S. The smallest absolute Gasteiger partial charge is 0.394 e. The summed E-state index contributed by atoms with van der Waals surface area (Å²) in [7, 11) is -2.53. The number of hydrogen-bond donors (Lipinski definition) is 0. The molecule has 10 heteroatoms. The van der Waals surface area contributed by atoms with Gasteiger partial charge in [0.15, 0.2) is 15.6 Å². The van der Waals surface area contributed by atoms with Crippen LogP contribution in [-0.2, 0) is 21.2 Å². The summed E-state index contributed by atoms with van der Waals surface area (Å²) in [6.45, 7) is -1.10. The largest absolute Gasteiger partial charge is 0.453 e. The average Bonchev–Trinajstić information content (AvgIpc) is 3.03. The number of nitrogens with zero attached hydrogens (tertiary/aromatic N) is 1. The van der Waals surface area contributed by atoms with Gasteiger partial charge in [0.05, 0.1) is 11.2 Å². The van der Waals surface area contributed by atoms with Crippen LogP contribution in [0.3, 0.4) is 0 Å². The Kier molecular flexibility index (Phi) is 4.76. The Morgan fingerprint density at radius 2 is 2.04 bits per heavy atom. The van der Waals surface area contributed by atoms with Crippen molar-refractivity contribution in [1.29, 1.82) is 0 Å². The second-order valence-electron chi connectivity index (χ2n) is 5.43. The van der Waals surface area contributed by atoms with Gasteiger partial charge in [-0.05, 0) is 12.1 Å². The van der Waals surface area contributed by atoms with E-state index in [-0.39, 0.29) is 12.4 Å². The molecule has 1 aromatic rings. The molecule has 1 aromatic heterocycles. The van der Waals surface area contributed by atoms with Crippen LogP contribution in [0.2, 0.25) is 0 Å². The molecule has 2 rings (SSSR count). The number of halogens is 3. The molecule has 0 spiro atoms. The van der Waals surface area contributed by atoms with E-state index in [1.54, 1.807) is 0 Å². The maximum atomic E-state index is 13.0. The third-order valence-electron chi connectivity index (χ3n) is 3.68. The summed E-state index contributed by atoms with van der Waals surface area (Å²) in [4.78, 5) is 13.1. The monoisotopic (exact) mass is 355 g/mol. The van der Waals surface area contributed by atoms with Gasteiger partial charge >= 0.3 is 6.18 Å². The van der Waals surface area contributed by atoms with Crippen LogP contribution in [0, 0.1) is 5.92 Å². The van der Waals surface area contributed by atoms with E-state index < -0.39 is 46.2 Å². The molecular weight excluding hydrogens is 339 g/mol. The maximum Gasteiger partial charge on any atom is 0.394 e. The van der Waals surface area contributed by atoms with Gasteiger partial charge in [-0.15, -0.1) is 0 Å². The first-order valence-electron chi connectivity index (χ1n) is 6.66. The van der Waals surface area contributed by atoms with E-state index in [0.717, 1.165) is 11.2 Å². The fraction of sp³-hybridized carbons (Fsp3) is 0.615. The first kappa shape index (κ1) is 17.8. The van der Waals surface area contributed by atoms with Crippen molar-refractivity contribution >= 4 is 15.7 Å². The number of rotatable bonds is 4. The van der Waals surface area contributed by atoms with Crippen LogP contribution in [-0.4, -0.2) is 57.1 Å². The molecule has 2 atom stereocenters. The highest BCUT2D eigenvalue weighted by atomic mass is 32.2. The summed E-state index contributed by atoms with van der Waals surface area (Å²) in [6, 6.07) is 2.80. The lowest BCUT2D eigenvalue weighted by Crippen LogP contribution is -2.37. The fourth-order valence-corrected chi connectivity index (χ4v) is 3.84. The molecule has 1 aliphatic heterocycles. The molecule has 6 nitrogen and oxygen atoms in total. The van der Waals surface area contributed by atoms with E-state index in [4.69, 9.17) is 9.15 Å². The first-order valence-corrected chi connectivity index (χ1v) is 8.62. The van der Waals surface area contributed by atoms with Crippen LogP contribution in [0.1, 0.15) is 16.3 Å². The molecule has 2 heterocycles. The van der Waals surface area contributed by atoms with Gasteiger partial charge < -0.3 is 14.1 Å². The zero-order chi connectivity index (χ0) is 17.4. The second-order valence-corrected chi connectivity index (χ2v) is 7.69. The highest BCUT2D eigenvalue weighted by Crippen LogP contribution is 2.37. The number of carbonyl (C=O) groups is 1. The number of alkyl halides is 3. The Morgan fingerprint density at radius 3 is 2.52 bits per heavy atom. The summed E-state index contributed by atoms with van der Waals surface area (Å²) in [5, 5.41) is -1.67. The second kappa shape index (κ2) is 6.16. The number of likely N-dealkylation sites (tertiary alicyclic amines) is 1. The Hall–Kier alpha value is -1.55. The van der Waals surface area contributed by atoms with Crippen molar-refractivity contribution in [1.82, 2.24) is 4.90 Å². The number of furan rings is 1. The highest BCUT2D eigenvalue weighted by molar-refractivity contribution is 7.91. The summed E-state index contributed by atoms with van der Waals surface area (Å²) >= 11 is 0. The molecule has 0 N–H and O–H groups in total. The van der Waals surface area contributed by atoms with Gasteiger partial charge in [-0.2, -0.15) is 13.2 Å². The van der Waals surface area contributed by atoms with Crippen LogP contribution in [0.4, 0.5) is 13.2 Å². The summed E-state index contributed by atoms with van der Waals surface area (Å²) in [5.41, 5.74) is 0. The van der Waals surface area contributed by atoms with Crippen LogP contribution in [0.5, 0.6) is 0 Å². The lowest BCUT2D eigenvalue weighted by Gasteiger charge is -2.19. The van der Waals surface area contributed by atoms with Crippen molar-refractivity contribution < 1.29 is 35.5 Å². The van der Waals surface area contributed by atoms with Crippen molar-refractivity contribution in [2.75, 3.05) is 26.5 Å². The van der Waals surface area contributed by atoms with E-state index in [1.807, 2.05) is 0 Å². The lowest BCUT2D eigenvalue weighted by atomic mass is 10.1. The number of hydrogen-bond acceptors (Lipinski definition) is 5. The minimum Gasteiger partial charge on any atom is -0.453 e. The van der Waals surface area contributed by atoms with Crippen molar-refractivity contribution in [2.45, 2.75) is 18.0 Å². The predicted molar refractivity (Wildman–Crippen MR) is 73.5 cm³/mol. The molecule has 1 amide bonds. The Morgan fingerprint density at radius 1 is 1.39 bits per heavy atom. The zero-order valence-electron chi connectivity index (χ0n) is 12.5. The lowest BCUT2D eigenvalue weighted by molar-refractivity contribution is -0.169. The Balaban J connectivity index is 2.22. The van der Waals surface area contributed by atoms with Crippen molar-refractivity contribution in [2.24, 2.45) is 5.92 Å². The van der Waals surface area contributed by atoms with Crippen LogP contribution >= 0.6 is 0 Å². The van der Waals surface area contributed by atoms with Gasteiger partial charge in [0.2, 0.25) is 0 Å². The van der Waals surface area contributed by atoms with E-state index in [2.05, 4.69) is 0 Å². The quantitative estimate of drug-likeness (QED) is 0.818. The maximum absolute atomic E-state index is 13.0. The first-order chi connectivity index (χ1) is 10.5. The minimum atomic E-state index is -4.70. The van der Waals surface area contributed by atoms with E-state index >= 15 is 0 Å². The van der Waals surface area contributed by atoms with Crippen molar-refractivity contribution in [3.05, 3.63) is 23.7 Å². The summed E-state index contributed by atoms with van der Waals surface area (Å²) < 4.78 is 72.4. The van der Waals surface area contributed by atoms with Crippen LogP contribution < -0.4 is 0 Å². The molecule has 0 aromatic carbocycles. The van der Waals surface area contributed by atoms with Crippen molar-refractivity contribution in [3.63, 3.8) is 0 Å². The van der Waals surface area contributed by atoms with Gasteiger partial charge in [0.1, 0.15) is 12.4 Å². The summed E-state index contributed by atoms with van der Waals surface area (Å²) in [6.07, 6.45) is -3.96. The molecule has 0 radical (unpaired) electrons. The van der Waals surface area contributed by atoms with E-state index in [0.29, 0.717) is 5.76 Å². The van der Waals surface area contributed by atoms with Crippen molar-refractivity contribution in [3.8, 4) is 0 Å². The standard InChI is InChI=1S/C13H16F3NO5S/c1-21-7-8-3-4-10(22-8)12(18)17-5-9(13(14,15)16)11(6-17)23(2,19)20/h3-4,9,11H,5-7H2,1-2H3/t9-,11-/m0/s1. The normalized spacial score (nSPS) is 22.6. The molecule has 1 aliphatic rings. The van der Waals surface area contributed by atoms with Gasteiger partial charge in [-0.3, -0.25) is 4.79 Å². The molecule has 23 heavy (non-hydrogen) atoms. The number of methoxy groups -OCH3 is 1. The highest BCUT2D eigenvalue weighted by Gasteiger charge is 2.54. The molecule has 1 fully saturated rings. The van der Waals surface area contributed by atoms with Crippen LogP contribution in [0.15, 0.2) is 16.5 Å². The van der Waals surface area contributed by atoms with Crippen LogP contribution in [0.25, 0.3) is 0 Å². The Bertz CT molecular complexity index is 682. The predicted octanol–water partition coefficient (Wildman–Crippen LogP) is 1.47. The molecule has 0 saturated carbocycles. The molecule has 1 saturated heterocycles. The van der Waals surface area contributed by atoms with Gasteiger partial charge in [-0.1, -0.05) is 0 Å².